The molecule has 6 nitrogen and oxygen atoms in total. The molecule has 2 aliphatic heterocycles. The summed E-state index contributed by atoms with van der Waals surface area (Å²) in [5.41, 5.74) is 2.45. The van der Waals surface area contributed by atoms with Crippen LogP contribution in [0, 0.1) is 0 Å². The van der Waals surface area contributed by atoms with Crippen molar-refractivity contribution >= 4 is 55.9 Å². The third kappa shape index (κ3) is 3.86. The Kier molecular flexibility index (Phi) is 5.20. The average molecular weight is 448 g/mol. The van der Waals surface area contributed by atoms with Crippen molar-refractivity contribution in [1.82, 2.24) is 4.90 Å². The van der Waals surface area contributed by atoms with Gasteiger partial charge < -0.3 is 14.5 Å². The van der Waals surface area contributed by atoms with Crippen LogP contribution in [0.25, 0.3) is 0 Å². The molecule has 1 aromatic carbocycles. The zero-order valence-corrected chi connectivity index (χ0v) is 17.8. The Morgan fingerprint density at radius 1 is 1.15 bits per heavy atom. The molecule has 0 atom stereocenters. The summed E-state index contributed by atoms with van der Waals surface area (Å²) in [6, 6.07) is 5.05. The van der Waals surface area contributed by atoms with Crippen molar-refractivity contribution in [3.63, 3.8) is 0 Å². The average Bonchev–Trinajstić information content (AvgIpc) is 3.20. The van der Waals surface area contributed by atoms with Gasteiger partial charge in [-0.1, -0.05) is 23.2 Å². The molecule has 1 saturated heterocycles. The fourth-order valence-corrected chi connectivity index (χ4v) is 6.54. The molecule has 0 spiro atoms. The molecule has 4 rings (SSSR count). The van der Waals surface area contributed by atoms with E-state index < -0.39 is 10.0 Å². The topological polar surface area (TPSA) is 61.9 Å². The first-order valence-electron chi connectivity index (χ1n) is 8.54. The summed E-state index contributed by atoms with van der Waals surface area (Å²) in [7, 11) is -1.72. The Balaban J connectivity index is 1.68. The van der Waals surface area contributed by atoms with Gasteiger partial charge in [0, 0.05) is 38.2 Å². The zero-order valence-electron chi connectivity index (χ0n) is 14.7. The fraction of sp³-hybridized carbons (Fsp3) is 0.412. The quantitative estimate of drug-likeness (QED) is 0.776. The van der Waals surface area contributed by atoms with Crippen LogP contribution in [0.5, 0.6) is 5.75 Å². The number of piperazine rings is 1. The zero-order chi connectivity index (χ0) is 19.2. The summed E-state index contributed by atoms with van der Waals surface area (Å²) in [5.74, 6) is 0.860. The molecule has 1 N–H and O–H groups in total. The van der Waals surface area contributed by atoms with Gasteiger partial charge in [-0.05, 0) is 25.2 Å². The smallest absolute Gasteiger partial charge is 0.264 e. The molecule has 3 heterocycles. The first-order chi connectivity index (χ1) is 12.8. The first kappa shape index (κ1) is 19.1. The van der Waals surface area contributed by atoms with Crippen LogP contribution in [0.3, 0.4) is 0 Å². The highest BCUT2D eigenvalue weighted by Gasteiger charge is 2.26. The molecule has 2 aromatic rings. The van der Waals surface area contributed by atoms with Gasteiger partial charge >= 0.3 is 0 Å². The monoisotopic (exact) mass is 447 g/mol. The molecule has 0 aliphatic carbocycles. The van der Waals surface area contributed by atoms with Crippen molar-refractivity contribution in [2.45, 2.75) is 11.3 Å². The molecule has 10 heteroatoms. The van der Waals surface area contributed by atoms with E-state index in [1.54, 1.807) is 0 Å². The molecular weight excluding hydrogens is 429 g/mol. The van der Waals surface area contributed by atoms with Crippen LogP contribution >= 0.6 is 34.5 Å². The molecule has 27 heavy (non-hydrogen) atoms. The van der Waals surface area contributed by atoms with Crippen molar-refractivity contribution in [1.29, 1.82) is 0 Å². The minimum absolute atomic E-state index is 0.00272. The van der Waals surface area contributed by atoms with Crippen LogP contribution in [0.2, 0.25) is 8.67 Å². The molecule has 146 valence electrons. The first-order valence-corrected chi connectivity index (χ1v) is 11.6. The van der Waals surface area contributed by atoms with Gasteiger partial charge in [0.05, 0.1) is 22.3 Å². The number of nitrogens with zero attached hydrogens (tertiary/aromatic N) is 2. The second-order valence-corrected chi connectivity index (χ2v) is 10.6. The number of hydrogen-bond acceptors (Lipinski definition) is 6. The third-order valence-corrected chi connectivity index (χ3v) is 7.91. The number of nitrogens with one attached hydrogen (secondary N) is 1. The maximum atomic E-state index is 12.8. The number of rotatable bonds is 4. The second kappa shape index (κ2) is 7.33. The lowest BCUT2D eigenvalue weighted by molar-refractivity contribution is 0.309. The number of sulfonamides is 1. The van der Waals surface area contributed by atoms with E-state index in [0.29, 0.717) is 16.6 Å². The number of likely N-dealkylation sites (N-methyl/N-ethyl adjacent to an activating group) is 1. The van der Waals surface area contributed by atoms with Crippen LogP contribution in [-0.2, 0) is 16.4 Å². The Labute approximate surface area is 172 Å². The molecule has 1 aromatic heterocycles. The Morgan fingerprint density at radius 3 is 2.56 bits per heavy atom. The Morgan fingerprint density at radius 2 is 1.89 bits per heavy atom. The van der Waals surface area contributed by atoms with Gasteiger partial charge in [-0.2, -0.15) is 0 Å². The van der Waals surface area contributed by atoms with E-state index >= 15 is 0 Å². The molecule has 1 fully saturated rings. The van der Waals surface area contributed by atoms with E-state index in [9.17, 15) is 8.42 Å². The van der Waals surface area contributed by atoms with Crippen LogP contribution < -0.4 is 14.4 Å². The van der Waals surface area contributed by atoms with Gasteiger partial charge in [0.25, 0.3) is 10.0 Å². The predicted octanol–water partition coefficient (Wildman–Crippen LogP) is 3.54. The highest BCUT2D eigenvalue weighted by atomic mass is 35.5. The number of hydrogen-bond donors (Lipinski definition) is 1. The number of benzene rings is 1. The van der Waals surface area contributed by atoms with Crippen LogP contribution in [-0.4, -0.2) is 53.2 Å². The highest BCUT2D eigenvalue weighted by Crippen LogP contribution is 2.41. The van der Waals surface area contributed by atoms with E-state index in [2.05, 4.69) is 21.6 Å². The summed E-state index contributed by atoms with van der Waals surface area (Å²) in [4.78, 5) is 4.51. The van der Waals surface area contributed by atoms with Gasteiger partial charge in [-0.15, -0.1) is 11.3 Å². The summed E-state index contributed by atoms with van der Waals surface area (Å²) in [6.45, 7) is 4.25. The minimum atomic E-state index is -3.82. The van der Waals surface area contributed by atoms with Crippen molar-refractivity contribution in [2.75, 3.05) is 49.5 Å². The van der Waals surface area contributed by atoms with Crippen molar-refractivity contribution in [3.05, 3.63) is 32.4 Å². The lowest BCUT2D eigenvalue weighted by Crippen LogP contribution is -2.44. The van der Waals surface area contributed by atoms with Gasteiger partial charge in [0.15, 0.2) is 0 Å². The van der Waals surface area contributed by atoms with Gasteiger partial charge in [-0.3, -0.25) is 4.72 Å². The largest absolute Gasteiger partial charge is 0.491 e. The van der Waals surface area contributed by atoms with Gasteiger partial charge in [0.2, 0.25) is 0 Å². The SMILES string of the molecule is CN1CCN(c2cc(NS(=O)(=O)c3cc(Cl)sc3Cl)cc3c2OCC3)CC1. The maximum Gasteiger partial charge on any atom is 0.264 e. The molecule has 0 bridgehead atoms. The van der Waals surface area contributed by atoms with Gasteiger partial charge in [-0.25, -0.2) is 8.42 Å². The van der Waals surface area contributed by atoms with E-state index in [4.69, 9.17) is 27.9 Å². The molecule has 0 unspecified atom stereocenters. The van der Waals surface area contributed by atoms with Crippen molar-refractivity contribution in [3.8, 4) is 5.75 Å². The number of anilines is 2. The fourth-order valence-electron chi connectivity index (χ4n) is 3.35. The maximum absolute atomic E-state index is 12.8. The number of thiophene rings is 1. The van der Waals surface area contributed by atoms with E-state index in [-0.39, 0.29) is 9.23 Å². The minimum Gasteiger partial charge on any atom is -0.491 e. The summed E-state index contributed by atoms with van der Waals surface area (Å²) < 4.78 is 34.5. The van der Waals surface area contributed by atoms with Crippen molar-refractivity contribution < 1.29 is 13.2 Å². The standard InChI is InChI=1S/C17H19Cl2N3O3S2/c1-21-3-5-22(6-4-21)13-9-12(8-11-2-7-25-16(11)13)20-27(23,24)14-10-15(18)26-17(14)19/h8-10,20H,2-7H2,1H3. The third-order valence-electron chi connectivity index (χ3n) is 4.78. The van der Waals surface area contributed by atoms with E-state index in [1.165, 1.54) is 6.07 Å². The van der Waals surface area contributed by atoms with Crippen LogP contribution in [0.15, 0.2) is 23.1 Å². The lowest BCUT2D eigenvalue weighted by atomic mass is 10.1. The molecule has 2 aliphatic rings. The van der Waals surface area contributed by atoms with Crippen LogP contribution in [0.4, 0.5) is 11.4 Å². The predicted molar refractivity (Wildman–Crippen MR) is 110 cm³/mol. The summed E-state index contributed by atoms with van der Waals surface area (Å²) in [5, 5.41) is 0. The lowest BCUT2D eigenvalue weighted by Gasteiger charge is -2.35. The molecular formula is C17H19Cl2N3O3S2. The molecule has 0 saturated carbocycles. The Hall–Kier alpha value is -1.19. The normalized spacial score (nSPS) is 17.7. The Bertz CT molecular complexity index is 970. The van der Waals surface area contributed by atoms with Crippen LogP contribution in [0.1, 0.15) is 5.56 Å². The van der Waals surface area contributed by atoms with E-state index in [0.717, 1.165) is 60.9 Å². The molecule has 0 amide bonds. The van der Waals surface area contributed by atoms with Crippen molar-refractivity contribution in [2.24, 2.45) is 0 Å². The van der Waals surface area contributed by atoms with E-state index in [1.807, 2.05) is 12.1 Å². The second-order valence-electron chi connectivity index (χ2n) is 6.67. The number of ether oxygens (including phenoxy) is 1. The number of halogens is 2. The number of fused-ring (bicyclic) bond motifs is 1. The summed E-state index contributed by atoms with van der Waals surface area (Å²) in [6.07, 6.45) is 0.761. The summed E-state index contributed by atoms with van der Waals surface area (Å²) >= 11 is 13.0. The highest BCUT2D eigenvalue weighted by molar-refractivity contribution is 7.93. The van der Waals surface area contributed by atoms with Gasteiger partial charge in [0.1, 0.15) is 15.0 Å². The molecule has 0 radical (unpaired) electrons.